The van der Waals surface area contributed by atoms with Crippen LogP contribution in [0.3, 0.4) is 0 Å². The maximum atomic E-state index is 2.48. The molecule has 59 heavy (non-hydrogen) atoms. The molecule has 276 valence electrons. The molecule has 0 fully saturated rings. The standard InChI is InChI=1S/C58H39N/c1-3-16-40(17-4-1)42-30-34-47(35-31-42)59(48-36-32-43(33-37-48)56-39-45-20-7-8-23-49(45)50-24-9-10-27-53(50)56)58-55-29-14-12-26-52(55)51-25-11-13-28-54(51)57(58)46-22-15-21-44(38-46)41-18-5-2-6-19-41/h1-39H. The number of anilines is 3. The maximum absolute atomic E-state index is 2.48. The molecule has 11 aromatic rings. The van der Waals surface area contributed by atoms with Crippen LogP contribution in [0.5, 0.6) is 0 Å². The number of nitrogens with zero attached hydrogens (tertiary/aromatic N) is 1. The SMILES string of the molecule is c1ccc(-c2ccc(N(c3ccc(-c4cc5ccccc5c5ccccc45)cc3)c3c(-c4cccc(-c5ccccc5)c4)c4ccccc4c4ccccc34)cc2)cc1. The molecule has 1 heteroatoms. The van der Waals surface area contributed by atoms with Gasteiger partial charge in [0.2, 0.25) is 0 Å². The van der Waals surface area contributed by atoms with E-state index in [1.165, 1.54) is 87.6 Å². The highest BCUT2D eigenvalue weighted by atomic mass is 15.1. The van der Waals surface area contributed by atoms with Crippen molar-refractivity contribution in [3.8, 4) is 44.5 Å². The van der Waals surface area contributed by atoms with Crippen molar-refractivity contribution in [3.05, 3.63) is 237 Å². The monoisotopic (exact) mass is 749 g/mol. The number of hydrogen-bond acceptors (Lipinski definition) is 1. The van der Waals surface area contributed by atoms with E-state index < -0.39 is 0 Å². The highest BCUT2D eigenvalue weighted by Crippen LogP contribution is 2.50. The van der Waals surface area contributed by atoms with E-state index in [2.05, 4.69) is 241 Å². The molecule has 0 aliphatic carbocycles. The Balaban J connectivity index is 1.17. The van der Waals surface area contributed by atoms with Gasteiger partial charge in [-0.05, 0) is 113 Å². The molecular formula is C58H39N. The van der Waals surface area contributed by atoms with Gasteiger partial charge in [-0.1, -0.05) is 200 Å². The van der Waals surface area contributed by atoms with Crippen molar-refractivity contribution in [3.63, 3.8) is 0 Å². The maximum Gasteiger partial charge on any atom is 0.0624 e. The minimum atomic E-state index is 1.09. The molecule has 1 nitrogen and oxygen atoms in total. The van der Waals surface area contributed by atoms with Crippen molar-refractivity contribution in [2.24, 2.45) is 0 Å². The van der Waals surface area contributed by atoms with Crippen LogP contribution in [-0.2, 0) is 0 Å². The average Bonchev–Trinajstić information content (AvgIpc) is 3.32. The van der Waals surface area contributed by atoms with Gasteiger partial charge in [0.15, 0.2) is 0 Å². The smallest absolute Gasteiger partial charge is 0.0624 e. The molecule has 0 unspecified atom stereocenters. The lowest BCUT2D eigenvalue weighted by molar-refractivity contribution is 1.30. The summed E-state index contributed by atoms with van der Waals surface area (Å²) in [5, 5.41) is 9.94. The quantitative estimate of drug-likeness (QED) is 0.147. The first kappa shape index (κ1) is 34.5. The van der Waals surface area contributed by atoms with Crippen LogP contribution >= 0.6 is 0 Å². The van der Waals surface area contributed by atoms with Crippen LogP contribution in [0.25, 0.3) is 87.6 Å². The minimum Gasteiger partial charge on any atom is -0.309 e. The summed E-state index contributed by atoms with van der Waals surface area (Å²) in [6.07, 6.45) is 0. The summed E-state index contributed by atoms with van der Waals surface area (Å²) in [6, 6.07) is 86.3. The molecule has 0 amide bonds. The molecule has 0 radical (unpaired) electrons. The van der Waals surface area contributed by atoms with E-state index in [1.54, 1.807) is 0 Å². The van der Waals surface area contributed by atoms with Crippen LogP contribution in [0.4, 0.5) is 17.1 Å². The summed E-state index contributed by atoms with van der Waals surface area (Å²) in [4.78, 5) is 2.48. The third kappa shape index (κ3) is 6.12. The summed E-state index contributed by atoms with van der Waals surface area (Å²) in [5.41, 5.74) is 12.9. The van der Waals surface area contributed by atoms with Crippen LogP contribution in [0, 0.1) is 0 Å². The molecule has 0 atom stereocenters. The fourth-order valence-corrected chi connectivity index (χ4v) is 9.06. The Morgan fingerprint density at radius 2 is 0.661 bits per heavy atom. The van der Waals surface area contributed by atoms with E-state index in [-0.39, 0.29) is 0 Å². The lowest BCUT2D eigenvalue weighted by atomic mass is 9.88. The first-order chi connectivity index (χ1) is 29.3. The third-order valence-electron chi connectivity index (χ3n) is 11.8. The summed E-state index contributed by atoms with van der Waals surface area (Å²) < 4.78 is 0. The Morgan fingerprint density at radius 1 is 0.237 bits per heavy atom. The van der Waals surface area contributed by atoms with Gasteiger partial charge >= 0.3 is 0 Å². The zero-order chi connectivity index (χ0) is 39.1. The lowest BCUT2D eigenvalue weighted by Gasteiger charge is -2.31. The summed E-state index contributed by atoms with van der Waals surface area (Å²) in [5.74, 6) is 0. The molecule has 0 bridgehead atoms. The number of hydrogen-bond donors (Lipinski definition) is 0. The van der Waals surface area contributed by atoms with Gasteiger partial charge in [0.1, 0.15) is 0 Å². The van der Waals surface area contributed by atoms with E-state index >= 15 is 0 Å². The van der Waals surface area contributed by atoms with Gasteiger partial charge in [-0.25, -0.2) is 0 Å². The van der Waals surface area contributed by atoms with Gasteiger partial charge in [0, 0.05) is 22.3 Å². The van der Waals surface area contributed by atoms with Crippen molar-refractivity contribution < 1.29 is 0 Å². The highest BCUT2D eigenvalue weighted by Gasteiger charge is 2.24. The molecular weight excluding hydrogens is 711 g/mol. The molecule has 11 rings (SSSR count). The largest absolute Gasteiger partial charge is 0.309 e. The zero-order valence-electron chi connectivity index (χ0n) is 32.5. The molecule has 0 spiro atoms. The zero-order valence-corrected chi connectivity index (χ0v) is 32.5. The minimum absolute atomic E-state index is 1.09. The fraction of sp³-hybridized carbons (Fsp3) is 0. The van der Waals surface area contributed by atoms with Crippen LogP contribution in [0.1, 0.15) is 0 Å². The predicted molar refractivity (Wildman–Crippen MR) is 253 cm³/mol. The molecule has 0 aliphatic heterocycles. The summed E-state index contributed by atoms with van der Waals surface area (Å²) in [6.45, 7) is 0. The number of fused-ring (bicyclic) bond motifs is 6. The third-order valence-corrected chi connectivity index (χ3v) is 11.8. The van der Waals surface area contributed by atoms with Gasteiger partial charge < -0.3 is 4.90 Å². The van der Waals surface area contributed by atoms with E-state index in [4.69, 9.17) is 0 Å². The molecule has 0 saturated heterocycles. The van der Waals surface area contributed by atoms with Crippen molar-refractivity contribution in [2.45, 2.75) is 0 Å². The van der Waals surface area contributed by atoms with E-state index in [1.807, 2.05) is 0 Å². The second kappa shape index (κ2) is 14.6. The Bertz CT molecular complexity index is 3290. The number of benzene rings is 11. The Kier molecular flexibility index (Phi) is 8.56. The highest BCUT2D eigenvalue weighted by molar-refractivity contribution is 6.22. The van der Waals surface area contributed by atoms with Gasteiger partial charge in [0.25, 0.3) is 0 Å². The van der Waals surface area contributed by atoms with Gasteiger partial charge in [-0.3, -0.25) is 0 Å². The van der Waals surface area contributed by atoms with Crippen LogP contribution in [0.2, 0.25) is 0 Å². The lowest BCUT2D eigenvalue weighted by Crippen LogP contribution is -2.12. The van der Waals surface area contributed by atoms with Crippen molar-refractivity contribution >= 4 is 60.2 Å². The molecule has 0 N–H and O–H groups in total. The predicted octanol–water partition coefficient (Wildman–Crippen LogP) is 16.4. The first-order valence-corrected chi connectivity index (χ1v) is 20.3. The van der Waals surface area contributed by atoms with Crippen LogP contribution in [0.15, 0.2) is 237 Å². The van der Waals surface area contributed by atoms with E-state index in [9.17, 15) is 0 Å². The Hall–Kier alpha value is -7.74. The normalized spacial score (nSPS) is 11.4. The summed E-state index contributed by atoms with van der Waals surface area (Å²) in [7, 11) is 0. The van der Waals surface area contributed by atoms with Gasteiger partial charge in [-0.2, -0.15) is 0 Å². The van der Waals surface area contributed by atoms with Gasteiger partial charge in [0.05, 0.1) is 5.69 Å². The average molecular weight is 750 g/mol. The molecule has 0 aromatic heterocycles. The van der Waals surface area contributed by atoms with Crippen LogP contribution < -0.4 is 4.90 Å². The summed E-state index contributed by atoms with van der Waals surface area (Å²) >= 11 is 0. The second-order valence-electron chi connectivity index (χ2n) is 15.2. The topological polar surface area (TPSA) is 3.24 Å². The number of rotatable bonds is 7. The molecule has 0 heterocycles. The van der Waals surface area contributed by atoms with E-state index in [0.29, 0.717) is 0 Å². The Labute approximate surface area is 344 Å². The molecule has 11 aromatic carbocycles. The Morgan fingerprint density at radius 3 is 1.31 bits per heavy atom. The fourth-order valence-electron chi connectivity index (χ4n) is 9.06. The van der Waals surface area contributed by atoms with Crippen LogP contribution in [-0.4, -0.2) is 0 Å². The molecule has 0 aliphatic rings. The van der Waals surface area contributed by atoms with Crippen molar-refractivity contribution in [1.29, 1.82) is 0 Å². The van der Waals surface area contributed by atoms with Crippen molar-refractivity contribution in [2.75, 3.05) is 4.90 Å². The molecule has 0 saturated carbocycles. The first-order valence-electron chi connectivity index (χ1n) is 20.3. The second-order valence-corrected chi connectivity index (χ2v) is 15.2. The van der Waals surface area contributed by atoms with E-state index in [0.717, 1.165) is 17.1 Å². The van der Waals surface area contributed by atoms with Crippen molar-refractivity contribution in [1.82, 2.24) is 0 Å². The van der Waals surface area contributed by atoms with Gasteiger partial charge in [-0.15, -0.1) is 0 Å².